The Morgan fingerprint density at radius 3 is 3.33 bits per heavy atom. The van der Waals surface area contributed by atoms with Crippen molar-refractivity contribution in [2.75, 3.05) is 26.3 Å². The van der Waals surface area contributed by atoms with Crippen LogP contribution in [0.2, 0.25) is 0 Å². The number of hydrogen-bond donors (Lipinski definition) is 1. The molecular weight excluding hydrogens is 188 g/mol. The maximum Gasteiger partial charge on any atom is 0.0582 e. The fourth-order valence-electron chi connectivity index (χ4n) is 2.85. The third kappa shape index (κ3) is 1.38. The topological polar surface area (TPSA) is 34.1 Å². The standard InChI is InChI=1S/C12H16N2O/c1-2-5-14-11(3-1)12-4-6-13-7-10(12)8-15-9-12/h1-3,5,10,13H,4,6-9H2/t10-,12-/m0/s1. The fourth-order valence-corrected chi connectivity index (χ4v) is 2.85. The third-order valence-electron chi connectivity index (χ3n) is 3.77. The van der Waals surface area contributed by atoms with Gasteiger partial charge in [-0.3, -0.25) is 4.98 Å². The van der Waals surface area contributed by atoms with Crippen molar-refractivity contribution in [3.63, 3.8) is 0 Å². The normalized spacial score (nSPS) is 35.1. The van der Waals surface area contributed by atoms with Crippen molar-refractivity contribution in [3.05, 3.63) is 30.1 Å². The number of hydrogen-bond acceptors (Lipinski definition) is 3. The number of ether oxygens (including phenoxy) is 1. The summed E-state index contributed by atoms with van der Waals surface area (Å²) in [6, 6.07) is 6.20. The quantitative estimate of drug-likeness (QED) is 0.740. The summed E-state index contributed by atoms with van der Waals surface area (Å²) in [6.07, 6.45) is 3.04. The monoisotopic (exact) mass is 204 g/mol. The molecule has 2 saturated heterocycles. The molecule has 2 atom stereocenters. The molecule has 3 nitrogen and oxygen atoms in total. The van der Waals surface area contributed by atoms with Crippen LogP contribution in [0, 0.1) is 5.92 Å². The third-order valence-corrected chi connectivity index (χ3v) is 3.77. The highest BCUT2D eigenvalue weighted by atomic mass is 16.5. The molecule has 3 heterocycles. The Hall–Kier alpha value is -0.930. The van der Waals surface area contributed by atoms with E-state index in [9.17, 15) is 0 Å². The van der Waals surface area contributed by atoms with E-state index in [-0.39, 0.29) is 5.41 Å². The Morgan fingerprint density at radius 2 is 2.47 bits per heavy atom. The molecule has 0 aromatic carbocycles. The van der Waals surface area contributed by atoms with Gasteiger partial charge in [0, 0.05) is 29.8 Å². The zero-order valence-corrected chi connectivity index (χ0v) is 8.78. The van der Waals surface area contributed by atoms with Gasteiger partial charge in [-0.1, -0.05) is 6.07 Å². The van der Waals surface area contributed by atoms with Crippen molar-refractivity contribution < 1.29 is 4.74 Å². The van der Waals surface area contributed by atoms with E-state index in [2.05, 4.69) is 22.4 Å². The van der Waals surface area contributed by atoms with Crippen LogP contribution < -0.4 is 5.32 Å². The zero-order valence-electron chi connectivity index (χ0n) is 8.78. The summed E-state index contributed by atoms with van der Waals surface area (Å²) in [4.78, 5) is 4.53. The Morgan fingerprint density at radius 1 is 1.47 bits per heavy atom. The average molecular weight is 204 g/mol. The summed E-state index contributed by atoms with van der Waals surface area (Å²) in [7, 11) is 0. The molecule has 2 fully saturated rings. The first-order chi connectivity index (χ1) is 7.42. The van der Waals surface area contributed by atoms with Crippen LogP contribution in [0.1, 0.15) is 12.1 Å². The predicted octanol–water partition coefficient (Wildman–Crippen LogP) is 0.959. The second-order valence-corrected chi connectivity index (χ2v) is 4.54. The van der Waals surface area contributed by atoms with Gasteiger partial charge in [-0.15, -0.1) is 0 Å². The summed E-state index contributed by atoms with van der Waals surface area (Å²) >= 11 is 0. The molecule has 0 amide bonds. The second-order valence-electron chi connectivity index (χ2n) is 4.54. The van der Waals surface area contributed by atoms with Crippen molar-refractivity contribution in [2.24, 2.45) is 5.92 Å². The molecule has 0 radical (unpaired) electrons. The zero-order chi connectivity index (χ0) is 10.1. The molecule has 3 heteroatoms. The molecule has 1 N–H and O–H groups in total. The minimum absolute atomic E-state index is 0.187. The number of fused-ring (bicyclic) bond motifs is 1. The highest BCUT2D eigenvalue weighted by Crippen LogP contribution is 2.41. The molecule has 2 aliphatic rings. The molecule has 0 spiro atoms. The van der Waals surface area contributed by atoms with Gasteiger partial charge in [0.05, 0.1) is 13.2 Å². The molecule has 0 saturated carbocycles. The lowest BCUT2D eigenvalue weighted by Gasteiger charge is -2.37. The van der Waals surface area contributed by atoms with Crippen molar-refractivity contribution >= 4 is 0 Å². The number of piperidine rings is 1. The number of pyridine rings is 1. The Labute approximate surface area is 89.9 Å². The van der Waals surface area contributed by atoms with Crippen molar-refractivity contribution in [3.8, 4) is 0 Å². The van der Waals surface area contributed by atoms with Crippen LogP contribution in [0.4, 0.5) is 0 Å². The van der Waals surface area contributed by atoms with Gasteiger partial charge < -0.3 is 10.1 Å². The van der Waals surface area contributed by atoms with Crippen LogP contribution in [-0.4, -0.2) is 31.3 Å². The first-order valence-corrected chi connectivity index (χ1v) is 5.62. The lowest BCUT2D eigenvalue weighted by molar-refractivity contribution is 0.173. The summed E-state index contributed by atoms with van der Waals surface area (Å²) in [6.45, 7) is 3.87. The molecule has 80 valence electrons. The molecule has 1 aromatic heterocycles. The van der Waals surface area contributed by atoms with Crippen LogP contribution in [0.3, 0.4) is 0 Å². The van der Waals surface area contributed by atoms with Gasteiger partial charge in [-0.05, 0) is 25.1 Å². The molecule has 0 unspecified atom stereocenters. The Balaban J connectivity index is 2.00. The van der Waals surface area contributed by atoms with Crippen molar-refractivity contribution in [2.45, 2.75) is 11.8 Å². The van der Waals surface area contributed by atoms with E-state index in [1.165, 1.54) is 5.69 Å². The van der Waals surface area contributed by atoms with E-state index in [4.69, 9.17) is 4.74 Å². The maximum atomic E-state index is 5.67. The van der Waals surface area contributed by atoms with Crippen LogP contribution >= 0.6 is 0 Å². The number of nitrogens with zero attached hydrogens (tertiary/aromatic N) is 1. The van der Waals surface area contributed by atoms with Crippen LogP contribution in [-0.2, 0) is 10.2 Å². The predicted molar refractivity (Wildman–Crippen MR) is 57.7 cm³/mol. The SMILES string of the molecule is c1ccc([C@]23CCNC[C@H]2COC3)nc1. The van der Waals surface area contributed by atoms with E-state index < -0.39 is 0 Å². The first kappa shape index (κ1) is 9.31. The van der Waals surface area contributed by atoms with Crippen LogP contribution in [0.15, 0.2) is 24.4 Å². The molecule has 15 heavy (non-hydrogen) atoms. The number of rotatable bonds is 1. The number of aromatic nitrogens is 1. The van der Waals surface area contributed by atoms with Gasteiger partial charge in [0.25, 0.3) is 0 Å². The van der Waals surface area contributed by atoms with Crippen molar-refractivity contribution in [1.82, 2.24) is 10.3 Å². The highest BCUT2D eigenvalue weighted by molar-refractivity contribution is 5.22. The minimum Gasteiger partial charge on any atom is -0.380 e. The van der Waals surface area contributed by atoms with Gasteiger partial charge in [-0.2, -0.15) is 0 Å². The van der Waals surface area contributed by atoms with E-state index in [0.717, 1.165) is 32.7 Å². The molecule has 3 rings (SSSR count). The fraction of sp³-hybridized carbons (Fsp3) is 0.583. The van der Waals surface area contributed by atoms with Gasteiger partial charge in [0.1, 0.15) is 0 Å². The Kier molecular flexibility index (Phi) is 2.22. The van der Waals surface area contributed by atoms with E-state index >= 15 is 0 Å². The molecule has 0 aliphatic carbocycles. The van der Waals surface area contributed by atoms with E-state index in [1.807, 2.05) is 12.3 Å². The van der Waals surface area contributed by atoms with Crippen molar-refractivity contribution in [1.29, 1.82) is 0 Å². The lowest BCUT2D eigenvalue weighted by atomic mass is 9.70. The molecule has 2 aliphatic heterocycles. The summed E-state index contributed by atoms with van der Waals surface area (Å²) in [5.41, 5.74) is 1.40. The smallest absolute Gasteiger partial charge is 0.0582 e. The first-order valence-electron chi connectivity index (χ1n) is 5.62. The molecule has 0 bridgehead atoms. The van der Waals surface area contributed by atoms with E-state index in [0.29, 0.717) is 5.92 Å². The molecule has 1 aromatic rings. The maximum absolute atomic E-state index is 5.67. The second kappa shape index (κ2) is 3.58. The van der Waals surface area contributed by atoms with E-state index in [1.54, 1.807) is 0 Å². The highest BCUT2D eigenvalue weighted by Gasteiger charge is 2.47. The van der Waals surface area contributed by atoms with Gasteiger partial charge >= 0.3 is 0 Å². The summed E-state index contributed by atoms with van der Waals surface area (Å²) in [5.74, 6) is 0.598. The van der Waals surface area contributed by atoms with Gasteiger partial charge in [-0.25, -0.2) is 0 Å². The summed E-state index contributed by atoms with van der Waals surface area (Å²) < 4.78 is 5.67. The molecular formula is C12H16N2O. The van der Waals surface area contributed by atoms with Crippen LogP contribution in [0.25, 0.3) is 0 Å². The van der Waals surface area contributed by atoms with Gasteiger partial charge in [0.15, 0.2) is 0 Å². The van der Waals surface area contributed by atoms with Crippen LogP contribution in [0.5, 0.6) is 0 Å². The average Bonchev–Trinajstić information content (AvgIpc) is 2.75. The Bertz CT molecular complexity index is 341. The minimum atomic E-state index is 0.187. The van der Waals surface area contributed by atoms with Gasteiger partial charge in [0.2, 0.25) is 0 Å². The largest absolute Gasteiger partial charge is 0.380 e. The summed E-state index contributed by atoms with van der Waals surface area (Å²) in [5, 5.41) is 3.44. The lowest BCUT2D eigenvalue weighted by Crippen LogP contribution is -2.47. The number of nitrogens with one attached hydrogen (secondary N) is 1.